The summed E-state index contributed by atoms with van der Waals surface area (Å²) in [4.78, 5) is 30.7. The second kappa shape index (κ2) is 7.39. The van der Waals surface area contributed by atoms with Crippen molar-refractivity contribution in [3.63, 3.8) is 0 Å². The van der Waals surface area contributed by atoms with Crippen LogP contribution in [0.2, 0.25) is 0 Å². The molecule has 1 saturated heterocycles. The molecule has 1 aliphatic heterocycles. The van der Waals surface area contributed by atoms with E-state index in [1.54, 1.807) is 4.90 Å². The molecule has 4 heteroatoms. The van der Waals surface area contributed by atoms with Crippen molar-refractivity contribution in [1.82, 2.24) is 9.88 Å². The predicted molar refractivity (Wildman–Crippen MR) is 107 cm³/mol. The van der Waals surface area contributed by atoms with E-state index in [9.17, 15) is 9.59 Å². The number of amides is 1. The average Bonchev–Trinajstić information content (AvgIpc) is 3.04. The number of benzene rings is 2. The monoisotopic (exact) mass is 360 g/mol. The fraction of sp³-hybridized carbons (Fsp3) is 0.304. The molecule has 138 valence electrons. The van der Waals surface area contributed by atoms with Gasteiger partial charge in [0.2, 0.25) is 0 Å². The maximum Gasteiger partial charge on any atom is 0.295 e. The summed E-state index contributed by atoms with van der Waals surface area (Å²) in [5.74, 6) is -0.200. The number of ketones is 1. The van der Waals surface area contributed by atoms with Crippen molar-refractivity contribution in [2.75, 3.05) is 13.1 Å². The van der Waals surface area contributed by atoms with E-state index in [4.69, 9.17) is 0 Å². The highest BCUT2D eigenvalue weighted by atomic mass is 16.2. The third-order valence-corrected chi connectivity index (χ3v) is 5.58. The number of H-pyrrole nitrogens is 1. The van der Waals surface area contributed by atoms with Gasteiger partial charge in [-0.3, -0.25) is 9.59 Å². The van der Waals surface area contributed by atoms with Gasteiger partial charge >= 0.3 is 0 Å². The Morgan fingerprint density at radius 2 is 1.67 bits per heavy atom. The van der Waals surface area contributed by atoms with Crippen molar-refractivity contribution in [2.24, 2.45) is 5.92 Å². The van der Waals surface area contributed by atoms with Crippen molar-refractivity contribution in [1.29, 1.82) is 0 Å². The van der Waals surface area contributed by atoms with Crippen LogP contribution < -0.4 is 0 Å². The summed E-state index contributed by atoms with van der Waals surface area (Å²) in [6, 6.07) is 18.1. The fourth-order valence-corrected chi connectivity index (χ4v) is 4.11. The van der Waals surface area contributed by atoms with Gasteiger partial charge in [-0.1, -0.05) is 48.5 Å². The zero-order chi connectivity index (χ0) is 18.8. The van der Waals surface area contributed by atoms with Crippen LogP contribution in [-0.4, -0.2) is 34.7 Å². The number of aryl methyl sites for hydroxylation is 1. The molecule has 3 aromatic rings. The van der Waals surface area contributed by atoms with Gasteiger partial charge in [0.25, 0.3) is 11.7 Å². The minimum Gasteiger partial charge on any atom is -0.358 e. The molecule has 0 spiro atoms. The number of rotatable bonds is 4. The highest BCUT2D eigenvalue weighted by molar-refractivity contribution is 6.45. The van der Waals surface area contributed by atoms with Gasteiger partial charge in [-0.25, -0.2) is 0 Å². The zero-order valence-electron chi connectivity index (χ0n) is 15.6. The molecule has 1 aromatic heterocycles. The number of carbonyl (C=O) groups excluding carboxylic acids is 2. The maximum atomic E-state index is 12.9. The first-order valence-electron chi connectivity index (χ1n) is 9.58. The average molecular weight is 360 g/mol. The Hall–Kier alpha value is -2.88. The van der Waals surface area contributed by atoms with Gasteiger partial charge in [0, 0.05) is 29.7 Å². The van der Waals surface area contributed by atoms with E-state index in [0.29, 0.717) is 24.6 Å². The number of likely N-dealkylation sites (tertiary alicyclic amines) is 1. The molecule has 1 fully saturated rings. The van der Waals surface area contributed by atoms with E-state index in [1.165, 1.54) is 5.56 Å². The van der Waals surface area contributed by atoms with Gasteiger partial charge < -0.3 is 9.88 Å². The van der Waals surface area contributed by atoms with Crippen LogP contribution in [0.4, 0.5) is 0 Å². The quantitative estimate of drug-likeness (QED) is 0.561. The molecular formula is C23H24N2O2. The number of aromatic nitrogens is 1. The molecule has 1 amide bonds. The molecule has 1 aliphatic rings. The van der Waals surface area contributed by atoms with Crippen LogP contribution >= 0.6 is 0 Å². The molecule has 2 heterocycles. The number of piperidine rings is 1. The van der Waals surface area contributed by atoms with Crippen molar-refractivity contribution in [3.05, 3.63) is 71.4 Å². The summed E-state index contributed by atoms with van der Waals surface area (Å²) in [6.07, 6.45) is 2.93. The highest BCUT2D eigenvalue weighted by Crippen LogP contribution is 2.25. The van der Waals surface area contributed by atoms with Crippen LogP contribution in [0.15, 0.2) is 54.6 Å². The van der Waals surface area contributed by atoms with Crippen molar-refractivity contribution in [2.45, 2.75) is 26.2 Å². The molecular weight excluding hydrogens is 336 g/mol. The summed E-state index contributed by atoms with van der Waals surface area (Å²) in [6.45, 7) is 3.17. The van der Waals surface area contributed by atoms with E-state index in [0.717, 1.165) is 35.9 Å². The van der Waals surface area contributed by atoms with Gasteiger partial charge in [0.1, 0.15) is 0 Å². The zero-order valence-corrected chi connectivity index (χ0v) is 15.6. The Labute approximate surface area is 159 Å². The third kappa shape index (κ3) is 3.52. The number of nitrogens with zero attached hydrogens (tertiary/aromatic N) is 1. The van der Waals surface area contributed by atoms with Crippen molar-refractivity contribution < 1.29 is 9.59 Å². The largest absolute Gasteiger partial charge is 0.358 e. The molecule has 2 aromatic carbocycles. The lowest BCUT2D eigenvalue weighted by Gasteiger charge is -2.31. The fourth-order valence-electron chi connectivity index (χ4n) is 4.11. The van der Waals surface area contributed by atoms with Crippen LogP contribution in [0.5, 0.6) is 0 Å². The van der Waals surface area contributed by atoms with E-state index in [1.807, 2.05) is 37.3 Å². The van der Waals surface area contributed by atoms with Crippen molar-refractivity contribution in [3.8, 4) is 0 Å². The smallest absolute Gasteiger partial charge is 0.295 e. The molecule has 0 atom stereocenters. The lowest BCUT2D eigenvalue weighted by Crippen LogP contribution is -2.42. The molecule has 4 nitrogen and oxygen atoms in total. The van der Waals surface area contributed by atoms with Gasteiger partial charge in [-0.15, -0.1) is 0 Å². The molecule has 0 aliphatic carbocycles. The van der Waals surface area contributed by atoms with Gasteiger partial charge in [0.05, 0.1) is 5.56 Å². The molecule has 27 heavy (non-hydrogen) atoms. The van der Waals surface area contributed by atoms with Gasteiger partial charge in [-0.2, -0.15) is 0 Å². The van der Waals surface area contributed by atoms with Crippen LogP contribution in [0.1, 0.15) is 34.5 Å². The number of nitrogens with one attached hydrogen (secondary N) is 1. The summed E-state index contributed by atoms with van der Waals surface area (Å²) in [7, 11) is 0. The van der Waals surface area contributed by atoms with Crippen LogP contribution in [-0.2, 0) is 11.2 Å². The number of carbonyl (C=O) groups is 2. The number of hydrogen-bond acceptors (Lipinski definition) is 2. The van der Waals surface area contributed by atoms with Gasteiger partial charge in [-0.05, 0) is 43.7 Å². The maximum absolute atomic E-state index is 12.9. The summed E-state index contributed by atoms with van der Waals surface area (Å²) >= 11 is 0. The topological polar surface area (TPSA) is 53.2 Å². The Morgan fingerprint density at radius 3 is 2.41 bits per heavy atom. The minimum absolute atomic E-state index is 0.374. The van der Waals surface area contributed by atoms with Crippen LogP contribution in [0.25, 0.3) is 10.9 Å². The second-order valence-electron chi connectivity index (χ2n) is 7.43. The Kier molecular flexibility index (Phi) is 4.80. The second-order valence-corrected chi connectivity index (χ2v) is 7.43. The van der Waals surface area contributed by atoms with E-state index in [-0.39, 0.29) is 5.91 Å². The summed E-state index contributed by atoms with van der Waals surface area (Å²) in [5, 5.41) is 0.826. The number of para-hydroxylation sites is 1. The number of Topliss-reactive ketones (excluding diaryl/α,β-unsaturated/α-hetero) is 1. The number of fused-ring (bicyclic) bond motifs is 1. The first-order chi connectivity index (χ1) is 13.1. The first kappa shape index (κ1) is 17.5. The SMILES string of the molecule is Cc1[nH]c2ccccc2c1C(=O)C(=O)N1CCC(Cc2ccccc2)CC1. The van der Waals surface area contributed by atoms with E-state index >= 15 is 0 Å². The lowest BCUT2D eigenvalue weighted by molar-refractivity contribution is -0.127. The molecule has 0 bridgehead atoms. The molecule has 0 saturated carbocycles. The molecule has 4 rings (SSSR count). The Morgan fingerprint density at radius 1 is 1.00 bits per heavy atom. The third-order valence-electron chi connectivity index (χ3n) is 5.58. The lowest BCUT2D eigenvalue weighted by atomic mass is 9.90. The van der Waals surface area contributed by atoms with Crippen molar-refractivity contribution >= 4 is 22.6 Å². The minimum atomic E-state index is -0.397. The standard InChI is InChI=1S/C23H24N2O2/c1-16-21(19-9-5-6-10-20(19)24-16)22(26)23(27)25-13-11-18(12-14-25)15-17-7-3-2-4-8-17/h2-10,18,24H,11-15H2,1H3. The first-order valence-corrected chi connectivity index (χ1v) is 9.58. The normalized spacial score (nSPS) is 15.2. The van der Waals surface area contributed by atoms with Crippen LogP contribution in [0.3, 0.4) is 0 Å². The Balaban J connectivity index is 1.43. The van der Waals surface area contributed by atoms with E-state index in [2.05, 4.69) is 29.2 Å². The molecule has 0 unspecified atom stereocenters. The van der Waals surface area contributed by atoms with Crippen LogP contribution in [0, 0.1) is 12.8 Å². The summed E-state index contributed by atoms with van der Waals surface area (Å²) in [5.41, 5.74) is 3.51. The molecule has 0 radical (unpaired) electrons. The van der Waals surface area contributed by atoms with Gasteiger partial charge in [0.15, 0.2) is 0 Å². The molecule has 1 N–H and O–H groups in total. The van der Waals surface area contributed by atoms with E-state index < -0.39 is 5.78 Å². The predicted octanol–water partition coefficient (Wildman–Crippen LogP) is 4.14. The Bertz CT molecular complexity index is 966. The summed E-state index contributed by atoms with van der Waals surface area (Å²) < 4.78 is 0. The number of hydrogen-bond donors (Lipinski definition) is 1. The number of aromatic amines is 1. The highest BCUT2D eigenvalue weighted by Gasteiger charge is 2.30.